The van der Waals surface area contributed by atoms with Gasteiger partial charge in [0.25, 0.3) is 0 Å². The molecule has 0 radical (unpaired) electrons. The number of ether oxygens (including phenoxy) is 1. The highest BCUT2D eigenvalue weighted by molar-refractivity contribution is 5.90. The topological polar surface area (TPSA) is 81.9 Å². The zero-order chi connectivity index (χ0) is 18.0. The average Bonchev–Trinajstić information content (AvgIpc) is 2.87. The first kappa shape index (κ1) is 17.7. The lowest BCUT2D eigenvalue weighted by Gasteiger charge is -2.16. The van der Waals surface area contributed by atoms with Crippen molar-refractivity contribution in [3.63, 3.8) is 0 Å². The lowest BCUT2D eigenvalue weighted by Crippen LogP contribution is -2.25. The fourth-order valence-electron chi connectivity index (χ4n) is 1.92. The summed E-state index contributed by atoms with van der Waals surface area (Å²) in [6.07, 6.45) is -4.76. The van der Waals surface area contributed by atoms with Crippen LogP contribution < -0.4 is 10.1 Å². The number of nitrogens with one attached hydrogen (secondary N) is 1. The summed E-state index contributed by atoms with van der Waals surface area (Å²) in [5.74, 6) is -0.222. The van der Waals surface area contributed by atoms with E-state index in [-0.39, 0.29) is 17.7 Å². The molecule has 1 amide bonds. The lowest BCUT2D eigenvalue weighted by atomic mass is 9.96. The van der Waals surface area contributed by atoms with Crippen LogP contribution in [0.2, 0.25) is 0 Å². The Morgan fingerprint density at radius 1 is 1.21 bits per heavy atom. The Balaban J connectivity index is 1.99. The Bertz CT molecular complexity index is 704. The molecule has 24 heavy (non-hydrogen) atoms. The van der Waals surface area contributed by atoms with Crippen LogP contribution in [0.4, 0.5) is 18.9 Å². The van der Waals surface area contributed by atoms with Crippen molar-refractivity contribution in [2.24, 2.45) is 0 Å². The van der Waals surface area contributed by atoms with Gasteiger partial charge in [-0.05, 0) is 34.7 Å². The van der Waals surface area contributed by atoms with Crippen LogP contribution in [0.15, 0.2) is 24.3 Å². The molecule has 1 aromatic heterocycles. The molecule has 0 bridgehead atoms. The summed E-state index contributed by atoms with van der Waals surface area (Å²) in [4.78, 5) is 12.0. The SMILES string of the molecule is CC(C)(C)c1nnnn1CC(=O)Nc1ccc(OC(F)(F)F)cc1. The van der Waals surface area contributed by atoms with E-state index in [2.05, 4.69) is 25.6 Å². The standard InChI is InChI=1S/C14H16F3N5O2/c1-13(2,3)12-19-20-21-22(12)8-11(23)18-9-4-6-10(7-5-9)24-14(15,16)17/h4-7H,8H2,1-3H3,(H,18,23). The van der Waals surface area contributed by atoms with E-state index in [9.17, 15) is 18.0 Å². The number of anilines is 1. The molecule has 0 saturated heterocycles. The zero-order valence-electron chi connectivity index (χ0n) is 13.3. The first-order chi connectivity index (χ1) is 11.0. The number of rotatable bonds is 4. The molecule has 1 N–H and O–H groups in total. The van der Waals surface area contributed by atoms with E-state index < -0.39 is 12.3 Å². The largest absolute Gasteiger partial charge is 0.573 e. The number of carbonyl (C=O) groups excluding carboxylic acids is 1. The molecule has 7 nitrogen and oxygen atoms in total. The lowest BCUT2D eigenvalue weighted by molar-refractivity contribution is -0.274. The Morgan fingerprint density at radius 3 is 2.38 bits per heavy atom. The predicted molar refractivity (Wildman–Crippen MR) is 78.3 cm³/mol. The van der Waals surface area contributed by atoms with Crippen molar-refractivity contribution in [3.05, 3.63) is 30.1 Å². The highest BCUT2D eigenvalue weighted by Gasteiger charge is 2.31. The maximum absolute atomic E-state index is 12.1. The fourth-order valence-corrected chi connectivity index (χ4v) is 1.92. The fraction of sp³-hybridized carbons (Fsp3) is 0.429. The summed E-state index contributed by atoms with van der Waals surface area (Å²) in [5, 5.41) is 13.8. The molecule has 0 fully saturated rings. The molecular formula is C14H16F3N5O2. The van der Waals surface area contributed by atoms with Gasteiger partial charge in [-0.1, -0.05) is 20.8 Å². The minimum atomic E-state index is -4.76. The van der Waals surface area contributed by atoms with Crippen molar-refractivity contribution in [1.29, 1.82) is 0 Å². The number of halogens is 3. The van der Waals surface area contributed by atoms with Crippen LogP contribution in [-0.2, 0) is 16.8 Å². The molecule has 130 valence electrons. The smallest absolute Gasteiger partial charge is 0.406 e. The highest BCUT2D eigenvalue weighted by atomic mass is 19.4. The Kier molecular flexibility index (Phi) is 4.76. The van der Waals surface area contributed by atoms with Crippen LogP contribution in [0.25, 0.3) is 0 Å². The van der Waals surface area contributed by atoms with Crippen LogP contribution in [0, 0.1) is 0 Å². The van der Waals surface area contributed by atoms with Crippen LogP contribution >= 0.6 is 0 Å². The quantitative estimate of drug-likeness (QED) is 0.922. The van der Waals surface area contributed by atoms with Gasteiger partial charge in [0, 0.05) is 11.1 Å². The van der Waals surface area contributed by atoms with E-state index in [4.69, 9.17) is 0 Å². The van der Waals surface area contributed by atoms with Crippen molar-refractivity contribution in [1.82, 2.24) is 20.2 Å². The second-order valence-corrected chi connectivity index (χ2v) is 6.03. The Hall–Kier alpha value is -2.65. The first-order valence-electron chi connectivity index (χ1n) is 6.97. The van der Waals surface area contributed by atoms with Crippen molar-refractivity contribution < 1.29 is 22.7 Å². The van der Waals surface area contributed by atoms with Crippen LogP contribution in [0.1, 0.15) is 26.6 Å². The second kappa shape index (κ2) is 6.46. The summed E-state index contributed by atoms with van der Waals surface area (Å²) >= 11 is 0. The van der Waals surface area contributed by atoms with E-state index in [0.717, 1.165) is 12.1 Å². The van der Waals surface area contributed by atoms with Crippen molar-refractivity contribution in [2.45, 2.75) is 39.1 Å². The van der Waals surface area contributed by atoms with E-state index in [0.29, 0.717) is 11.5 Å². The number of alkyl halides is 3. The van der Waals surface area contributed by atoms with Gasteiger partial charge in [-0.25, -0.2) is 4.68 Å². The number of hydrogen-bond acceptors (Lipinski definition) is 5. The highest BCUT2D eigenvalue weighted by Crippen LogP contribution is 2.24. The molecule has 0 aliphatic rings. The number of amides is 1. The van der Waals surface area contributed by atoms with E-state index >= 15 is 0 Å². The third-order valence-electron chi connectivity index (χ3n) is 2.87. The van der Waals surface area contributed by atoms with Gasteiger partial charge in [0.05, 0.1) is 0 Å². The van der Waals surface area contributed by atoms with Crippen LogP contribution in [-0.4, -0.2) is 32.5 Å². The molecule has 0 aliphatic carbocycles. The van der Waals surface area contributed by atoms with Gasteiger partial charge in [-0.3, -0.25) is 4.79 Å². The molecule has 2 aromatic rings. The van der Waals surface area contributed by atoms with Gasteiger partial charge in [0.15, 0.2) is 5.82 Å². The minimum absolute atomic E-state index is 0.111. The number of carbonyl (C=O) groups is 1. The van der Waals surface area contributed by atoms with Crippen LogP contribution in [0.5, 0.6) is 5.75 Å². The number of nitrogens with zero attached hydrogens (tertiary/aromatic N) is 4. The molecule has 0 atom stereocenters. The van der Waals surface area contributed by atoms with Crippen molar-refractivity contribution in [2.75, 3.05) is 5.32 Å². The van der Waals surface area contributed by atoms with Gasteiger partial charge >= 0.3 is 6.36 Å². The number of hydrogen-bond donors (Lipinski definition) is 1. The van der Waals surface area contributed by atoms with Crippen molar-refractivity contribution >= 4 is 11.6 Å². The molecule has 10 heteroatoms. The summed E-state index contributed by atoms with van der Waals surface area (Å²) < 4.78 is 41.4. The predicted octanol–water partition coefficient (Wildman–Crippen LogP) is 2.51. The van der Waals surface area contributed by atoms with Gasteiger partial charge in [0.1, 0.15) is 12.3 Å². The molecule has 0 saturated carbocycles. The number of aromatic nitrogens is 4. The Morgan fingerprint density at radius 2 is 1.83 bits per heavy atom. The van der Waals surface area contributed by atoms with E-state index in [1.54, 1.807) is 0 Å². The number of tetrazole rings is 1. The number of benzene rings is 1. The normalized spacial score (nSPS) is 12.1. The third kappa shape index (κ3) is 4.93. The van der Waals surface area contributed by atoms with Gasteiger partial charge in [0.2, 0.25) is 5.91 Å². The summed E-state index contributed by atoms with van der Waals surface area (Å²) in [7, 11) is 0. The Labute approximate surface area is 135 Å². The first-order valence-corrected chi connectivity index (χ1v) is 6.97. The van der Waals surface area contributed by atoms with Gasteiger partial charge in [-0.15, -0.1) is 18.3 Å². The summed E-state index contributed by atoms with van der Waals surface area (Å²) in [5.41, 5.74) is 0.000274. The molecule has 1 aromatic carbocycles. The van der Waals surface area contributed by atoms with E-state index in [1.807, 2.05) is 20.8 Å². The molecule has 0 aliphatic heterocycles. The monoisotopic (exact) mass is 343 g/mol. The zero-order valence-corrected chi connectivity index (χ0v) is 13.3. The minimum Gasteiger partial charge on any atom is -0.406 e. The van der Waals surface area contributed by atoms with Crippen LogP contribution in [0.3, 0.4) is 0 Å². The molecule has 2 rings (SSSR count). The molecule has 0 unspecified atom stereocenters. The van der Waals surface area contributed by atoms with E-state index in [1.165, 1.54) is 16.8 Å². The van der Waals surface area contributed by atoms with Crippen molar-refractivity contribution in [3.8, 4) is 5.75 Å². The maximum atomic E-state index is 12.1. The average molecular weight is 343 g/mol. The summed E-state index contributed by atoms with van der Waals surface area (Å²) in [6.45, 7) is 5.62. The molecule has 0 spiro atoms. The second-order valence-electron chi connectivity index (χ2n) is 6.03. The summed E-state index contributed by atoms with van der Waals surface area (Å²) in [6, 6.07) is 4.84. The molecular weight excluding hydrogens is 327 g/mol. The van der Waals surface area contributed by atoms with Gasteiger partial charge in [-0.2, -0.15) is 0 Å². The van der Waals surface area contributed by atoms with Gasteiger partial charge < -0.3 is 10.1 Å². The third-order valence-corrected chi connectivity index (χ3v) is 2.87. The molecule has 1 heterocycles. The maximum Gasteiger partial charge on any atom is 0.573 e.